The summed E-state index contributed by atoms with van der Waals surface area (Å²) in [6.45, 7) is 3.89. The molecule has 0 amide bonds. The van der Waals surface area contributed by atoms with Crippen LogP contribution in [0.5, 0.6) is 0 Å². The van der Waals surface area contributed by atoms with Gasteiger partial charge < -0.3 is 20.0 Å². The average molecular weight is 510 g/mol. The van der Waals surface area contributed by atoms with E-state index < -0.39 is 0 Å². The molecule has 3 heterocycles. The van der Waals surface area contributed by atoms with Crippen molar-refractivity contribution < 1.29 is 4.42 Å². The minimum absolute atomic E-state index is 0.322. The Bertz CT molecular complexity index is 1320. The highest BCUT2D eigenvalue weighted by molar-refractivity contribution is 5.60. The van der Waals surface area contributed by atoms with Crippen LogP contribution in [0.1, 0.15) is 44.4 Å². The molecular weight excluding hydrogens is 474 g/mol. The van der Waals surface area contributed by atoms with Crippen LogP contribution in [-0.2, 0) is 0 Å². The number of piperidine rings is 1. The monoisotopic (exact) mass is 509 g/mol. The van der Waals surface area contributed by atoms with Crippen LogP contribution >= 0.6 is 0 Å². The van der Waals surface area contributed by atoms with Gasteiger partial charge in [-0.15, -0.1) is 10.2 Å². The molecule has 8 heteroatoms. The van der Waals surface area contributed by atoms with Crippen LogP contribution in [0.15, 0.2) is 71.3 Å². The van der Waals surface area contributed by atoms with Crippen LogP contribution in [0.25, 0.3) is 22.7 Å². The van der Waals surface area contributed by atoms with Crippen molar-refractivity contribution in [2.75, 3.05) is 23.3 Å². The van der Waals surface area contributed by atoms with E-state index in [-0.39, 0.29) is 0 Å². The first-order valence-electron chi connectivity index (χ1n) is 13.8. The third-order valence-electron chi connectivity index (χ3n) is 7.68. The smallest absolute Gasteiger partial charge is 0.247 e. The second kappa shape index (κ2) is 11.3. The van der Waals surface area contributed by atoms with Crippen LogP contribution in [0.4, 0.5) is 11.6 Å². The largest absolute Gasteiger partial charge is 0.421 e. The molecule has 0 radical (unpaired) electrons. The fourth-order valence-electron chi connectivity index (χ4n) is 5.75. The first-order chi connectivity index (χ1) is 18.7. The Kier molecular flexibility index (Phi) is 7.31. The van der Waals surface area contributed by atoms with Crippen molar-refractivity contribution in [1.29, 1.82) is 0 Å². The summed E-state index contributed by atoms with van der Waals surface area (Å²) in [4.78, 5) is 11.9. The number of nitrogens with one attached hydrogen (secondary N) is 2. The van der Waals surface area contributed by atoms with Crippen LogP contribution in [0.2, 0.25) is 0 Å². The standard InChI is InChI=1S/C30H35N7O/c1-21-35-36-29(38-21)23-13-15-25(16-14-23)37-19-7-10-24(20-37)32-27-11-5-6-12-28(27)34-30-31-18-17-26(33-30)22-8-3-2-4-9-22/h2-4,8-9,13-18,24,27-28,32H,5-7,10-12,19-20H2,1H3,(H,31,33,34). The van der Waals surface area contributed by atoms with Gasteiger partial charge in [0.2, 0.25) is 17.7 Å². The molecule has 1 saturated heterocycles. The van der Waals surface area contributed by atoms with E-state index in [2.05, 4.69) is 67.1 Å². The molecule has 6 rings (SSSR count). The summed E-state index contributed by atoms with van der Waals surface area (Å²) in [6.07, 6.45) is 9.01. The lowest BCUT2D eigenvalue weighted by atomic mass is 9.89. The molecule has 1 aliphatic heterocycles. The van der Waals surface area contributed by atoms with Gasteiger partial charge in [-0.2, -0.15) is 0 Å². The summed E-state index contributed by atoms with van der Waals surface area (Å²) in [6, 6.07) is 21.9. The van der Waals surface area contributed by atoms with Gasteiger partial charge in [0.1, 0.15) is 0 Å². The minimum Gasteiger partial charge on any atom is -0.421 e. The van der Waals surface area contributed by atoms with Gasteiger partial charge in [0.15, 0.2) is 0 Å². The molecule has 3 atom stereocenters. The summed E-state index contributed by atoms with van der Waals surface area (Å²) in [5.74, 6) is 1.87. The van der Waals surface area contributed by atoms with Crippen LogP contribution in [0.3, 0.4) is 0 Å². The Morgan fingerprint density at radius 1 is 0.842 bits per heavy atom. The lowest BCUT2D eigenvalue weighted by molar-refractivity contribution is 0.293. The molecule has 2 aromatic heterocycles. The van der Waals surface area contributed by atoms with E-state index in [1.54, 1.807) is 0 Å². The van der Waals surface area contributed by atoms with Crippen molar-refractivity contribution in [2.45, 2.75) is 63.6 Å². The summed E-state index contributed by atoms with van der Waals surface area (Å²) < 4.78 is 5.58. The van der Waals surface area contributed by atoms with Crippen molar-refractivity contribution in [3.63, 3.8) is 0 Å². The van der Waals surface area contributed by atoms with Gasteiger partial charge in [0, 0.05) is 61.1 Å². The van der Waals surface area contributed by atoms with Crippen LogP contribution in [-0.4, -0.2) is 51.4 Å². The first-order valence-corrected chi connectivity index (χ1v) is 13.8. The number of nitrogens with zero attached hydrogens (tertiary/aromatic N) is 5. The number of benzene rings is 2. The highest BCUT2D eigenvalue weighted by Gasteiger charge is 2.30. The molecule has 8 nitrogen and oxygen atoms in total. The molecule has 2 N–H and O–H groups in total. The SMILES string of the molecule is Cc1nnc(-c2ccc(N3CCCC(NC4CCCCC4Nc4nccc(-c5ccccc5)n4)C3)cc2)o1. The number of hydrogen-bond acceptors (Lipinski definition) is 8. The second-order valence-corrected chi connectivity index (χ2v) is 10.4. The quantitative estimate of drug-likeness (QED) is 0.338. The molecule has 1 aliphatic carbocycles. The zero-order valence-electron chi connectivity index (χ0n) is 21.9. The molecule has 2 fully saturated rings. The van der Waals surface area contributed by atoms with Crippen molar-refractivity contribution >= 4 is 11.6 Å². The zero-order valence-corrected chi connectivity index (χ0v) is 21.9. The zero-order chi connectivity index (χ0) is 25.7. The third-order valence-corrected chi connectivity index (χ3v) is 7.68. The second-order valence-electron chi connectivity index (χ2n) is 10.4. The average Bonchev–Trinajstić information content (AvgIpc) is 3.41. The van der Waals surface area contributed by atoms with E-state index >= 15 is 0 Å². The van der Waals surface area contributed by atoms with Crippen molar-refractivity contribution in [1.82, 2.24) is 25.5 Å². The van der Waals surface area contributed by atoms with Crippen molar-refractivity contribution in [3.05, 3.63) is 72.8 Å². The van der Waals surface area contributed by atoms with Crippen molar-refractivity contribution in [2.24, 2.45) is 0 Å². The number of aromatic nitrogens is 4. The Morgan fingerprint density at radius 2 is 1.66 bits per heavy atom. The molecular formula is C30H35N7O. The molecule has 38 heavy (non-hydrogen) atoms. The molecule has 196 valence electrons. The predicted octanol–water partition coefficient (Wildman–Crippen LogP) is 5.48. The molecule has 1 saturated carbocycles. The lowest BCUT2D eigenvalue weighted by Crippen LogP contribution is -2.55. The maximum Gasteiger partial charge on any atom is 0.247 e. The van der Waals surface area contributed by atoms with Gasteiger partial charge in [-0.25, -0.2) is 9.97 Å². The van der Waals surface area contributed by atoms with Crippen LogP contribution < -0.4 is 15.5 Å². The summed E-state index contributed by atoms with van der Waals surface area (Å²) >= 11 is 0. The molecule has 2 aliphatic rings. The number of anilines is 2. The van der Waals surface area contributed by atoms with Crippen molar-refractivity contribution in [3.8, 4) is 22.7 Å². The highest BCUT2D eigenvalue weighted by Crippen LogP contribution is 2.27. The molecule has 4 aromatic rings. The van der Waals surface area contributed by atoms with Gasteiger partial charge in [-0.3, -0.25) is 0 Å². The van der Waals surface area contributed by atoms with Gasteiger partial charge in [-0.05, 0) is 56.0 Å². The minimum atomic E-state index is 0.322. The van der Waals surface area contributed by atoms with E-state index in [4.69, 9.17) is 9.40 Å². The van der Waals surface area contributed by atoms with E-state index in [0.717, 1.165) is 36.3 Å². The third kappa shape index (κ3) is 5.70. The highest BCUT2D eigenvalue weighted by atomic mass is 16.4. The predicted molar refractivity (Wildman–Crippen MR) is 150 cm³/mol. The Balaban J connectivity index is 1.10. The van der Waals surface area contributed by atoms with E-state index in [0.29, 0.717) is 35.9 Å². The summed E-state index contributed by atoms with van der Waals surface area (Å²) in [5, 5.41) is 15.8. The fourth-order valence-corrected chi connectivity index (χ4v) is 5.75. The number of rotatable bonds is 7. The molecule has 0 spiro atoms. The van der Waals surface area contributed by atoms with E-state index in [1.807, 2.05) is 37.4 Å². The number of hydrogen-bond donors (Lipinski definition) is 2. The maximum absolute atomic E-state index is 5.58. The van der Waals surface area contributed by atoms with E-state index in [9.17, 15) is 0 Å². The molecule has 2 aromatic carbocycles. The topological polar surface area (TPSA) is 92.0 Å². The normalized spacial score (nSPS) is 21.8. The fraction of sp³-hybridized carbons (Fsp3) is 0.400. The Hall–Kier alpha value is -3.78. The molecule has 0 bridgehead atoms. The molecule has 3 unspecified atom stereocenters. The Labute approximate surface area is 223 Å². The summed E-state index contributed by atoms with van der Waals surface area (Å²) in [5.41, 5.74) is 4.25. The van der Waals surface area contributed by atoms with Gasteiger partial charge in [0.25, 0.3) is 0 Å². The van der Waals surface area contributed by atoms with Crippen LogP contribution in [0, 0.1) is 6.92 Å². The van der Waals surface area contributed by atoms with Gasteiger partial charge in [0.05, 0.1) is 5.69 Å². The van der Waals surface area contributed by atoms with Gasteiger partial charge in [-0.1, -0.05) is 43.2 Å². The van der Waals surface area contributed by atoms with E-state index in [1.165, 1.54) is 37.8 Å². The van der Waals surface area contributed by atoms with Gasteiger partial charge >= 0.3 is 0 Å². The maximum atomic E-state index is 5.58. The Morgan fingerprint density at radius 3 is 2.45 bits per heavy atom. The lowest BCUT2D eigenvalue weighted by Gasteiger charge is -2.40. The summed E-state index contributed by atoms with van der Waals surface area (Å²) in [7, 11) is 0. The first kappa shape index (κ1) is 24.6. The number of aryl methyl sites for hydroxylation is 1.